The molecule has 3 N–H and O–H groups in total. The fourth-order valence-corrected chi connectivity index (χ4v) is 6.36. The molecule has 1 amide bonds. The topological polar surface area (TPSA) is 190 Å². The van der Waals surface area contributed by atoms with Crippen LogP contribution in [0.25, 0.3) is 20.9 Å². The van der Waals surface area contributed by atoms with E-state index in [9.17, 15) is 14.7 Å². The molecule has 1 aliphatic rings. The van der Waals surface area contributed by atoms with Gasteiger partial charge >= 0.3 is 0 Å². The lowest BCUT2D eigenvalue weighted by atomic mass is 9.80. The number of amides is 1. The number of azide groups is 2. The van der Waals surface area contributed by atoms with Crippen LogP contribution in [-0.4, -0.2) is 48.0 Å². The number of nitrogens with zero attached hydrogens (tertiary/aromatic N) is 7. The molecular formula is C36H36FN9O4S. The minimum Gasteiger partial charge on any atom is -0.494 e. The fourth-order valence-electron chi connectivity index (χ4n) is 5.54. The number of carbonyl (C=O) groups excluding carboxylic acids is 1. The van der Waals surface area contributed by atoms with Gasteiger partial charge in [0.1, 0.15) is 11.6 Å². The molecule has 1 heterocycles. The monoisotopic (exact) mass is 709 g/mol. The summed E-state index contributed by atoms with van der Waals surface area (Å²) in [5.74, 6) is 1.32. The van der Waals surface area contributed by atoms with Crippen molar-refractivity contribution in [3.8, 4) is 5.75 Å². The molecule has 0 aliphatic carbocycles. The second kappa shape index (κ2) is 18.4. The minimum atomic E-state index is -1.63. The molecule has 262 valence electrons. The van der Waals surface area contributed by atoms with Gasteiger partial charge in [0.2, 0.25) is 5.90 Å². The molecule has 15 heteroatoms. The molecule has 13 nitrogen and oxygen atoms in total. The van der Waals surface area contributed by atoms with Crippen LogP contribution in [0.4, 0.5) is 10.1 Å². The number of halogens is 1. The number of benzene rings is 4. The van der Waals surface area contributed by atoms with Gasteiger partial charge in [0, 0.05) is 58.6 Å². The van der Waals surface area contributed by atoms with Crippen molar-refractivity contribution >= 4 is 29.3 Å². The summed E-state index contributed by atoms with van der Waals surface area (Å²) in [7, 11) is 0. The van der Waals surface area contributed by atoms with Crippen LogP contribution in [0, 0.1) is 5.82 Å². The largest absolute Gasteiger partial charge is 0.494 e. The molecule has 0 saturated carbocycles. The zero-order chi connectivity index (χ0) is 35.9. The summed E-state index contributed by atoms with van der Waals surface area (Å²) in [6.45, 7) is 0.791. The van der Waals surface area contributed by atoms with E-state index >= 15 is 0 Å². The molecular weight excluding hydrogens is 674 g/mol. The summed E-state index contributed by atoms with van der Waals surface area (Å²) in [6.07, 6.45) is -0.516. The molecule has 0 spiro atoms. The highest BCUT2D eigenvalue weighted by Crippen LogP contribution is 2.44. The van der Waals surface area contributed by atoms with E-state index in [-0.39, 0.29) is 31.3 Å². The SMILES string of the molecule is [N-]=[N+]=NCc1ccccc1[C@@H]1OC(c2ccc(OCCCO)cc2)=N[C@]1(Cc1ccccc1N=[N+]=[N-])C(=O)NNCCSCc1ccc(F)cc1. The lowest BCUT2D eigenvalue weighted by molar-refractivity contribution is -0.130. The van der Waals surface area contributed by atoms with E-state index < -0.39 is 17.6 Å². The molecule has 5 rings (SSSR count). The van der Waals surface area contributed by atoms with Crippen LogP contribution in [0.1, 0.15) is 40.3 Å². The van der Waals surface area contributed by atoms with Crippen molar-refractivity contribution < 1.29 is 23.8 Å². The van der Waals surface area contributed by atoms with Crippen molar-refractivity contribution in [1.29, 1.82) is 0 Å². The number of rotatable bonds is 18. The number of aliphatic hydroxyl groups excluding tert-OH is 1. The van der Waals surface area contributed by atoms with Crippen molar-refractivity contribution in [3.63, 3.8) is 0 Å². The zero-order valence-electron chi connectivity index (χ0n) is 27.6. The first-order valence-corrected chi connectivity index (χ1v) is 17.3. The Labute approximate surface area is 298 Å². The highest BCUT2D eigenvalue weighted by Gasteiger charge is 2.54. The molecule has 0 fully saturated rings. The molecule has 0 aromatic heterocycles. The second-order valence-electron chi connectivity index (χ2n) is 11.4. The highest BCUT2D eigenvalue weighted by atomic mass is 32.2. The Bertz CT molecular complexity index is 1920. The van der Waals surface area contributed by atoms with Crippen LogP contribution in [0.2, 0.25) is 0 Å². The predicted molar refractivity (Wildman–Crippen MR) is 194 cm³/mol. The van der Waals surface area contributed by atoms with Gasteiger partial charge in [-0.25, -0.2) is 14.8 Å². The second-order valence-corrected chi connectivity index (χ2v) is 12.5. The van der Waals surface area contributed by atoms with Crippen molar-refractivity contribution in [2.24, 2.45) is 15.2 Å². The lowest BCUT2D eigenvalue weighted by Crippen LogP contribution is -2.54. The molecule has 0 bridgehead atoms. The average Bonchev–Trinajstić information content (AvgIpc) is 3.54. The van der Waals surface area contributed by atoms with Gasteiger partial charge in [-0.3, -0.25) is 10.2 Å². The summed E-state index contributed by atoms with van der Waals surface area (Å²) in [6, 6.07) is 27.6. The lowest BCUT2D eigenvalue weighted by Gasteiger charge is -2.32. The van der Waals surface area contributed by atoms with Crippen LogP contribution in [-0.2, 0) is 28.2 Å². The maximum atomic E-state index is 14.6. The number of hydrogen-bond donors (Lipinski definition) is 3. The third kappa shape index (κ3) is 9.57. The van der Waals surface area contributed by atoms with Gasteiger partial charge in [-0.05, 0) is 69.7 Å². The number of ether oxygens (including phenoxy) is 2. The Morgan fingerprint density at radius 2 is 1.75 bits per heavy atom. The van der Waals surface area contributed by atoms with Crippen molar-refractivity contribution in [3.05, 3.63) is 152 Å². The number of carbonyl (C=O) groups is 1. The number of aliphatic imine (C=N–C) groups is 1. The van der Waals surface area contributed by atoms with Crippen LogP contribution >= 0.6 is 11.8 Å². The van der Waals surface area contributed by atoms with Crippen molar-refractivity contribution in [2.45, 2.75) is 36.8 Å². The summed E-state index contributed by atoms with van der Waals surface area (Å²) >= 11 is 1.62. The maximum Gasteiger partial charge on any atom is 0.266 e. The summed E-state index contributed by atoms with van der Waals surface area (Å²) in [4.78, 5) is 25.5. The first-order valence-electron chi connectivity index (χ1n) is 16.1. The third-order valence-electron chi connectivity index (χ3n) is 8.03. The van der Waals surface area contributed by atoms with Crippen LogP contribution < -0.4 is 15.6 Å². The number of thioether (sulfide) groups is 1. The predicted octanol–water partition coefficient (Wildman–Crippen LogP) is 7.39. The van der Waals surface area contributed by atoms with Gasteiger partial charge in [-0.1, -0.05) is 70.9 Å². The molecule has 51 heavy (non-hydrogen) atoms. The molecule has 4 aromatic rings. The fraction of sp³-hybridized carbons (Fsp3) is 0.278. The van der Waals surface area contributed by atoms with E-state index in [1.807, 2.05) is 18.2 Å². The average molecular weight is 710 g/mol. The van der Waals surface area contributed by atoms with Gasteiger partial charge in [0.05, 0.1) is 13.2 Å². The van der Waals surface area contributed by atoms with Crippen LogP contribution in [0.3, 0.4) is 0 Å². The molecule has 0 unspecified atom stereocenters. The summed E-state index contributed by atoms with van der Waals surface area (Å²) in [5.41, 5.74) is 26.4. The Kier molecular flexibility index (Phi) is 13.3. The minimum absolute atomic E-state index is 0.0122. The standard InChI is InChI=1S/C36H36FN9O4S/c37-29-14-10-25(11-15-29)24-51-21-18-40-44-35(48)36(22-27-6-2-4-9-32(27)43-46-39)33(31-8-3-1-7-28(31)23-41-45-38)50-34(42-36)26-12-16-30(17-13-26)49-20-5-19-47/h1-4,6-17,33,40,47H,5,18-24H2,(H,44,48)/t33-,36-/m0/s1. The number of nitrogens with one attached hydrogen (secondary N) is 2. The number of aliphatic hydroxyl groups is 1. The molecule has 1 aliphatic heterocycles. The van der Waals surface area contributed by atoms with Gasteiger partial charge in [0.15, 0.2) is 11.6 Å². The van der Waals surface area contributed by atoms with E-state index in [2.05, 4.69) is 30.9 Å². The summed E-state index contributed by atoms with van der Waals surface area (Å²) in [5, 5.41) is 16.8. The first kappa shape index (κ1) is 36.7. The molecule has 2 atom stereocenters. The highest BCUT2D eigenvalue weighted by molar-refractivity contribution is 7.98. The Hall–Kier alpha value is -5.56. The van der Waals surface area contributed by atoms with Gasteiger partial charge in [0.25, 0.3) is 5.91 Å². The zero-order valence-corrected chi connectivity index (χ0v) is 28.4. The first-order chi connectivity index (χ1) is 25.0. The van der Waals surface area contributed by atoms with E-state index in [0.29, 0.717) is 64.8 Å². The van der Waals surface area contributed by atoms with E-state index in [4.69, 9.17) is 25.1 Å². The summed E-state index contributed by atoms with van der Waals surface area (Å²) < 4.78 is 25.6. The van der Waals surface area contributed by atoms with Crippen LogP contribution in [0.15, 0.2) is 112 Å². The van der Waals surface area contributed by atoms with Crippen LogP contribution in [0.5, 0.6) is 5.75 Å². The Morgan fingerprint density at radius 3 is 2.49 bits per heavy atom. The maximum absolute atomic E-state index is 14.6. The van der Waals surface area contributed by atoms with E-state index in [0.717, 1.165) is 5.56 Å². The van der Waals surface area contributed by atoms with E-state index in [1.165, 1.54) is 12.1 Å². The normalized spacial score (nSPS) is 16.3. The van der Waals surface area contributed by atoms with Gasteiger partial charge in [-0.2, -0.15) is 11.8 Å². The Balaban J connectivity index is 1.49. The van der Waals surface area contributed by atoms with Crippen molar-refractivity contribution in [2.75, 3.05) is 25.5 Å². The third-order valence-corrected chi connectivity index (χ3v) is 9.06. The molecule has 0 radical (unpaired) electrons. The molecule has 4 aromatic carbocycles. The van der Waals surface area contributed by atoms with Gasteiger partial charge < -0.3 is 14.6 Å². The van der Waals surface area contributed by atoms with Crippen molar-refractivity contribution in [1.82, 2.24) is 10.9 Å². The van der Waals surface area contributed by atoms with E-state index in [1.54, 1.807) is 78.5 Å². The number of hydrogen-bond acceptors (Lipinski definition) is 9. The van der Waals surface area contributed by atoms with Gasteiger partial charge in [-0.15, -0.1) is 0 Å². The smallest absolute Gasteiger partial charge is 0.266 e. The Morgan fingerprint density at radius 1 is 1.00 bits per heavy atom. The number of hydrazine groups is 1. The quantitative estimate of drug-likeness (QED) is 0.0317. The molecule has 0 saturated heterocycles.